The van der Waals surface area contributed by atoms with E-state index in [0.717, 1.165) is 16.9 Å². The van der Waals surface area contributed by atoms with Crippen molar-refractivity contribution in [3.8, 4) is 5.75 Å². The van der Waals surface area contributed by atoms with Gasteiger partial charge in [0.15, 0.2) is 0 Å². The summed E-state index contributed by atoms with van der Waals surface area (Å²) < 4.78 is 10.4. The first-order valence-corrected chi connectivity index (χ1v) is 6.96. The number of carbonyl (C=O) groups is 1. The third-order valence-electron chi connectivity index (χ3n) is 2.87. The van der Waals surface area contributed by atoms with Gasteiger partial charge in [0.05, 0.1) is 13.7 Å². The maximum Gasteiger partial charge on any atom is 0.330 e. The molecule has 0 aromatic heterocycles. The van der Waals surface area contributed by atoms with E-state index in [1.165, 1.54) is 7.11 Å². The molecule has 0 amide bonds. The van der Waals surface area contributed by atoms with Gasteiger partial charge in [-0.1, -0.05) is 39.8 Å². The number of hydrogen-bond donors (Lipinski definition) is 0. The number of rotatable bonds is 6. The van der Waals surface area contributed by atoms with Crippen LogP contribution in [0.5, 0.6) is 5.75 Å². The molecule has 3 nitrogen and oxygen atoms in total. The predicted octanol–water partition coefficient (Wildman–Crippen LogP) is 3.93. The summed E-state index contributed by atoms with van der Waals surface area (Å²) in [5.74, 6) is 1.27. The standard InChI is InChI=1S/C17H24O3/c1-12(2)11-20-15-8-6-14(7-9-15)16(13(3)4)10-17(18)19-5/h6-10,12-13H,11H2,1-5H3. The quantitative estimate of drug-likeness (QED) is 0.583. The molecule has 3 heteroatoms. The van der Waals surface area contributed by atoms with Gasteiger partial charge in [-0.3, -0.25) is 0 Å². The highest BCUT2D eigenvalue weighted by molar-refractivity contribution is 5.91. The van der Waals surface area contributed by atoms with Crippen LogP contribution in [-0.2, 0) is 9.53 Å². The number of hydrogen-bond acceptors (Lipinski definition) is 3. The SMILES string of the molecule is COC(=O)C=C(c1ccc(OCC(C)C)cc1)C(C)C. The van der Waals surface area contributed by atoms with Crippen molar-refractivity contribution in [1.82, 2.24) is 0 Å². The van der Waals surface area contributed by atoms with Crippen LogP contribution in [0.1, 0.15) is 33.3 Å². The van der Waals surface area contributed by atoms with Gasteiger partial charge < -0.3 is 9.47 Å². The molecule has 0 spiro atoms. The van der Waals surface area contributed by atoms with Gasteiger partial charge >= 0.3 is 5.97 Å². The Hall–Kier alpha value is -1.77. The van der Waals surface area contributed by atoms with Crippen molar-refractivity contribution < 1.29 is 14.3 Å². The minimum Gasteiger partial charge on any atom is -0.493 e. The first kappa shape index (κ1) is 16.3. The minimum atomic E-state index is -0.325. The lowest BCUT2D eigenvalue weighted by atomic mass is 9.95. The van der Waals surface area contributed by atoms with E-state index in [1.54, 1.807) is 6.08 Å². The van der Waals surface area contributed by atoms with E-state index in [-0.39, 0.29) is 11.9 Å². The van der Waals surface area contributed by atoms with Crippen LogP contribution in [0.25, 0.3) is 5.57 Å². The third-order valence-corrected chi connectivity index (χ3v) is 2.87. The Kier molecular flexibility index (Phi) is 6.29. The van der Waals surface area contributed by atoms with Gasteiger partial charge in [0.2, 0.25) is 0 Å². The molecule has 20 heavy (non-hydrogen) atoms. The van der Waals surface area contributed by atoms with E-state index >= 15 is 0 Å². The first-order valence-electron chi connectivity index (χ1n) is 6.96. The molecule has 0 atom stereocenters. The number of carbonyl (C=O) groups excluding carboxylic acids is 1. The summed E-state index contributed by atoms with van der Waals surface area (Å²) in [5.41, 5.74) is 1.98. The largest absolute Gasteiger partial charge is 0.493 e. The zero-order chi connectivity index (χ0) is 15.1. The summed E-state index contributed by atoms with van der Waals surface area (Å²) in [5, 5.41) is 0. The summed E-state index contributed by atoms with van der Waals surface area (Å²) >= 11 is 0. The van der Waals surface area contributed by atoms with Gasteiger partial charge in [0, 0.05) is 6.08 Å². The van der Waals surface area contributed by atoms with Crippen LogP contribution in [0.3, 0.4) is 0 Å². The zero-order valence-electron chi connectivity index (χ0n) is 13.0. The Morgan fingerprint density at radius 3 is 2.20 bits per heavy atom. The molecule has 0 saturated heterocycles. The lowest BCUT2D eigenvalue weighted by molar-refractivity contribution is -0.134. The van der Waals surface area contributed by atoms with Crippen LogP contribution in [0, 0.1) is 11.8 Å². The number of allylic oxidation sites excluding steroid dienone is 1. The van der Waals surface area contributed by atoms with Crippen LogP contribution >= 0.6 is 0 Å². The second-order valence-electron chi connectivity index (χ2n) is 5.51. The third kappa shape index (κ3) is 5.08. The fourth-order valence-electron chi connectivity index (χ4n) is 1.78. The lowest BCUT2D eigenvalue weighted by Gasteiger charge is -2.13. The molecule has 0 fully saturated rings. The van der Waals surface area contributed by atoms with E-state index in [2.05, 4.69) is 27.7 Å². The summed E-state index contributed by atoms with van der Waals surface area (Å²) in [6, 6.07) is 7.82. The average Bonchev–Trinajstić information content (AvgIpc) is 2.42. The van der Waals surface area contributed by atoms with Crippen molar-refractivity contribution in [2.45, 2.75) is 27.7 Å². The summed E-state index contributed by atoms with van der Waals surface area (Å²) in [7, 11) is 1.39. The van der Waals surface area contributed by atoms with Crippen molar-refractivity contribution in [2.24, 2.45) is 11.8 Å². The minimum absolute atomic E-state index is 0.247. The first-order chi connectivity index (χ1) is 9.43. The van der Waals surface area contributed by atoms with Crippen LogP contribution in [0.2, 0.25) is 0 Å². The summed E-state index contributed by atoms with van der Waals surface area (Å²) in [6.45, 7) is 9.04. The summed E-state index contributed by atoms with van der Waals surface area (Å²) in [4.78, 5) is 11.4. The normalized spacial score (nSPS) is 11.8. The maximum absolute atomic E-state index is 11.4. The molecule has 0 aliphatic heterocycles. The van der Waals surface area contributed by atoms with Crippen molar-refractivity contribution >= 4 is 11.5 Å². The molecule has 0 aliphatic carbocycles. The molecule has 1 rings (SSSR count). The molecular weight excluding hydrogens is 252 g/mol. The molecule has 0 bridgehead atoms. The Labute approximate surface area is 121 Å². The summed E-state index contributed by atoms with van der Waals surface area (Å²) in [6.07, 6.45) is 1.55. The van der Waals surface area contributed by atoms with E-state index in [1.807, 2.05) is 24.3 Å². The molecule has 110 valence electrons. The average molecular weight is 276 g/mol. The van der Waals surface area contributed by atoms with E-state index in [4.69, 9.17) is 9.47 Å². The smallest absolute Gasteiger partial charge is 0.330 e. The Balaban J connectivity index is 2.89. The van der Waals surface area contributed by atoms with Crippen LogP contribution in [0.15, 0.2) is 30.3 Å². The fourth-order valence-corrected chi connectivity index (χ4v) is 1.78. The van der Waals surface area contributed by atoms with Crippen LogP contribution in [0.4, 0.5) is 0 Å². The number of esters is 1. The predicted molar refractivity (Wildman–Crippen MR) is 81.6 cm³/mol. The van der Waals surface area contributed by atoms with E-state index in [0.29, 0.717) is 12.5 Å². The van der Waals surface area contributed by atoms with Gasteiger partial charge in [-0.2, -0.15) is 0 Å². The molecular formula is C17H24O3. The van der Waals surface area contributed by atoms with Crippen LogP contribution < -0.4 is 4.74 Å². The highest BCUT2D eigenvalue weighted by atomic mass is 16.5. The Bertz CT molecular complexity index is 456. The van der Waals surface area contributed by atoms with Gasteiger partial charge in [0.25, 0.3) is 0 Å². The van der Waals surface area contributed by atoms with Crippen molar-refractivity contribution in [1.29, 1.82) is 0 Å². The number of benzene rings is 1. The van der Waals surface area contributed by atoms with Crippen molar-refractivity contribution in [3.05, 3.63) is 35.9 Å². The van der Waals surface area contributed by atoms with Gasteiger partial charge in [-0.05, 0) is 35.1 Å². The fraction of sp³-hybridized carbons (Fsp3) is 0.471. The van der Waals surface area contributed by atoms with Crippen LogP contribution in [-0.4, -0.2) is 19.7 Å². The monoisotopic (exact) mass is 276 g/mol. The highest BCUT2D eigenvalue weighted by Gasteiger charge is 2.09. The molecule has 0 heterocycles. The molecule has 0 radical (unpaired) electrons. The van der Waals surface area contributed by atoms with E-state index < -0.39 is 0 Å². The second kappa shape index (κ2) is 7.73. The second-order valence-corrected chi connectivity index (χ2v) is 5.51. The van der Waals surface area contributed by atoms with E-state index in [9.17, 15) is 4.79 Å². The number of methoxy groups -OCH3 is 1. The number of ether oxygens (including phenoxy) is 2. The molecule has 0 saturated carbocycles. The van der Waals surface area contributed by atoms with Crippen molar-refractivity contribution in [3.63, 3.8) is 0 Å². The lowest BCUT2D eigenvalue weighted by Crippen LogP contribution is -2.04. The topological polar surface area (TPSA) is 35.5 Å². The Morgan fingerprint density at radius 2 is 1.75 bits per heavy atom. The van der Waals surface area contributed by atoms with Gasteiger partial charge in [-0.15, -0.1) is 0 Å². The molecule has 1 aromatic rings. The van der Waals surface area contributed by atoms with Gasteiger partial charge in [0.1, 0.15) is 5.75 Å². The molecule has 0 N–H and O–H groups in total. The molecule has 1 aromatic carbocycles. The molecule has 0 unspecified atom stereocenters. The van der Waals surface area contributed by atoms with Gasteiger partial charge in [-0.25, -0.2) is 4.79 Å². The Morgan fingerprint density at radius 1 is 1.15 bits per heavy atom. The van der Waals surface area contributed by atoms with Crippen molar-refractivity contribution in [2.75, 3.05) is 13.7 Å². The maximum atomic E-state index is 11.4. The zero-order valence-corrected chi connectivity index (χ0v) is 13.0. The highest BCUT2D eigenvalue weighted by Crippen LogP contribution is 2.25. The molecule has 0 aliphatic rings.